The average molecular weight is 279 g/mol. The minimum Gasteiger partial charge on any atom is -0.364 e. The van der Waals surface area contributed by atoms with Crippen LogP contribution in [0.2, 0.25) is 0 Å². The van der Waals surface area contributed by atoms with Crippen LogP contribution in [0.15, 0.2) is 17.1 Å². The van der Waals surface area contributed by atoms with Crippen LogP contribution in [0.5, 0.6) is 0 Å². The first kappa shape index (κ1) is 15.9. The van der Waals surface area contributed by atoms with Crippen molar-refractivity contribution in [3.63, 3.8) is 0 Å². The van der Waals surface area contributed by atoms with Crippen molar-refractivity contribution >= 4 is 11.8 Å². The highest BCUT2D eigenvalue weighted by atomic mass is 16.2. The zero-order valence-corrected chi connectivity index (χ0v) is 12.3. The Kier molecular flexibility index (Phi) is 5.49. The van der Waals surface area contributed by atoms with Gasteiger partial charge in [0.2, 0.25) is 5.91 Å². The molecule has 20 heavy (non-hydrogen) atoms. The van der Waals surface area contributed by atoms with Gasteiger partial charge in [0.15, 0.2) is 5.43 Å². The molecule has 0 bridgehead atoms. The van der Waals surface area contributed by atoms with Gasteiger partial charge >= 0.3 is 0 Å². The second-order valence-electron chi connectivity index (χ2n) is 5.25. The van der Waals surface area contributed by atoms with Gasteiger partial charge in [0.05, 0.1) is 6.54 Å². The van der Waals surface area contributed by atoms with Gasteiger partial charge in [-0.2, -0.15) is 0 Å². The Bertz CT molecular complexity index is 549. The van der Waals surface area contributed by atoms with Gasteiger partial charge < -0.3 is 15.2 Å². The number of hydrogen-bond acceptors (Lipinski definition) is 3. The van der Waals surface area contributed by atoms with E-state index in [-0.39, 0.29) is 23.4 Å². The van der Waals surface area contributed by atoms with E-state index in [1.54, 1.807) is 6.92 Å². The highest BCUT2D eigenvalue weighted by Gasteiger charge is 2.17. The number of aromatic amines is 1. The lowest BCUT2D eigenvalue weighted by Gasteiger charge is -2.17. The number of rotatable bonds is 5. The fourth-order valence-electron chi connectivity index (χ4n) is 1.61. The molecule has 0 aliphatic rings. The Morgan fingerprint density at radius 2 is 2.05 bits per heavy atom. The highest BCUT2D eigenvalue weighted by molar-refractivity contribution is 5.96. The summed E-state index contributed by atoms with van der Waals surface area (Å²) in [5, 5.41) is 2.72. The van der Waals surface area contributed by atoms with Crippen molar-refractivity contribution in [2.24, 2.45) is 5.92 Å². The van der Waals surface area contributed by atoms with Crippen LogP contribution in [0.25, 0.3) is 0 Å². The maximum Gasteiger partial charge on any atom is 0.259 e. The van der Waals surface area contributed by atoms with Crippen molar-refractivity contribution in [1.29, 1.82) is 0 Å². The van der Waals surface area contributed by atoms with E-state index in [0.29, 0.717) is 18.2 Å². The molecule has 0 radical (unpaired) electrons. The Balaban J connectivity index is 2.67. The number of nitrogens with zero attached hydrogens (tertiary/aromatic N) is 1. The predicted molar refractivity (Wildman–Crippen MR) is 76.6 cm³/mol. The topological polar surface area (TPSA) is 82.3 Å². The molecule has 0 atom stereocenters. The zero-order chi connectivity index (χ0) is 15.3. The third-order valence-electron chi connectivity index (χ3n) is 2.72. The van der Waals surface area contributed by atoms with Gasteiger partial charge in [0.25, 0.3) is 5.91 Å². The minimum absolute atomic E-state index is 0.0368. The summed E-state index contributed by atoms with van der Waals surface area (Å²) in [7, 11) is 1.50. The lowest BCUT2D eigenvalue weighted by molar-refractivity contribution is -0.121. The van der Waals surface area contributed by atoms with Crippen LogP contribution < -0.4 is 10.7 Å². The van der Waals surface area contributed by atoms with Gasteiger partial charge in [-0.1, -0.05) is 13.8 Å². The molecule has 0 saturated heterocycles. The molecule has 1 aromatic rings. The van der Waals surface area contributed by atoms with Gasteiger partial charge in [-0.05, 0) is 12.8 Å². The van der Waals surface area contributed by atoms with E-state index < -0.39 is 5.91 Å². The molecule has 0 spiro atoms. The summed E-state index contributed by atoms with van der Waals surface area (Å²) < 4.78 is 0. The Labute approximate surface area is 118 Å². The smallest absolute Gasteiger partial charge is 0.259 e. The fourth-order valence-corrected chi connectivity index (χ4v) is 1.61. The molecule has 110 valence electrons. The number of H-pyrrole nitrogens is 1. The van der Waals surface area contributed by atoms with E-state index in [9.17, 15) is 14.4 Å². The second kappa shape index (κ2) is 6.88. The van der Waals surface area contributed by atoms with Crippen LogP contribution >= 0.6 is 0 Å². The number of aromatic nitrogens is 1. The average Bonchev–Trinajstić information content (AvgIpc) is 2.35. The number of aryl methyl sites for hydroxylation is 1. The van der Waals surface area contributed by atoms with Crippen molar-refractivity contribution in [3.05, 3.63) is 33.7 Å². The third-order valence-corrected chi connectivity index (χ3v) is 2.72. The van der Waals surface area contributed by atoms with Crippen molar-refractivity contribution < 1.29 is 9.59 Å². The Hall–Kier alpha value is -2.11. The lowest BCUT2D eigenvalue weighted by atomic mass is 10.2. The van der Waals surface area contributed by atoms with E-state index in [0.717, 1.165) is 0 Å². The first-order valence-corrected chi connectivity index (χ1v) is 6.52. The monoisotopic (exact) mass is 279 g/mol. The second-order valence-corrected chi connectivity index (χ2v) is 5.25. The predicted octanol–water partition coefficient (Wildman–Crippen LogP) is 0.528. The normalized spacial score (nSPS) is 10.4. The molecule has 0 aliphatic carbocycles. The first-order chi connectivity index (χ1) is 9.31. The van der Waals surface area contributed by atoms with Crippen LogP contribution in [0.3, 0.4) is 0 Å². The molecule has 2 N–H and O–H groups in total. The summed E-state index contributed by atoms with van der Waals surface area (Å²) in [6.45, 7) is 6.20. The van der Waals surface area contributed by atoms with E-state index in [1.165, 1.54) is 24.2 Å². The number of carbonyl (C=O) groups is 2. The molecule has 2 amide bonds. The third kappa shape index (κ3) is 4.53. The Morgan fingerprint density at radius 1 is 1.40 bits per heavy atom. The van der Waals surface area contributed by atoms with Gasteiger partial charge in [-0.25, -0.2) is 0 Å². The zero-order valence-electron chi connectivity index (χ0n) is 12.3. The molecule has 0 aromatic carbocycles. The summed E-state index contributed by atoms with van der Waals surface area (Å²) in [4.78, 5) is 39.5. The molecule has 6 nitrogen and oxygen atoms in total. The molecule has 1 aromatic heterocycles. The molecular weight excluding hydrogens is 258 g/mol. The maximum atomic E-state index is 12.1. The van der Waals surface area contributed by atoms with Crippen LogP contribution in [-0.4, -0.2) is 41.8 Å². The molecule has 0 saturated carbocycles. The SMILES string of the molecule is Cc1cc(=O)c(C(=O)N(C)CC(=O)NCC(C)C)c[nH]1. The summed E-state index contributed by atoms with van der Waals surface area (Å²) in [5.41, 5.74) is 0.374. The highest BCUT2D eigenvalue weighted by Crippen LogP contribution is 1.98. The lowest BCUT2D eigenvalue weighted by Crippen LogP contribution is -2.40. The quantitative estimate of drug-likeness (QED) is 0.824. The fraction of sp³-hybridized carbons (Fsp3) is 0.500. The van der Waals surface area contributed by atoms with E-state index in [4.69, 9.17) is 0 Å². The number of nitrogens with one attached hydrogen (secondary N) is 2. The van der Waals surface area contributed by atoms with E-state index >= 15 is 0 Å². The van der Waals surface area contributed by atoms with Crippen molar-refractivity contribution in [2.45, 2.75) is 20.8 Å². The van der Waals surface area contributed by atoms with Crippen molar-refractivity contribution in [1.82, 2.24) is 15.2 Å². The van der Waals surface area contributed by atoms with Gasteiger partial charge in [0, 0.05) is 31.5 Å². The number of likely N-dealkylation sites (N-methyl/N-ethyl adjacent to an activating group) is 1. The summed E-state index contributed by atoms with van der Waals surface area (Å²) in [5.74, 6) is -0.357. The number of pyridine rings is 1. The summed E-state index contributed by atoms with van der Waals surface area (Å²) >= 11 is 0. The molecule has 1 rings (SSSR count). The molecule has 0 aliphatic heterocycles. The van der Waals surface area contributed by atoms with Crippen LogP contribution in [0, 0.1) is 12.8 Å². The Morgan fingerprint density at radius 3 is 2.60 bits per heavy atom. The molecular formula is C14H21N3O3. The van der Waals surface area contributed by atoms with Crippen LogP contribution in [0.4, 0.5) is 0 Å². The van der Waals surface area contributed by atoms with Crippen molar-refractivity contribution in [3.8, 4) is 0 Å². The number of carbonyl (C=O) groups excluding carboxylic acids is 2. The van der Waals surface area contributed by atoms with Gasteiger partial charge in [-0.15, -0.1) is 0 Å². The first-order valence-electron chi connectivity index (χ1n) is 6.52. The largest absolute Gasteiger partial charge is 0.364 e. The summed E-state index contributed by atoms with van der Waals surface area (Å²) in [6, 6.07) is 1.36. The summed E-state index contributed by atoms with van der Waals surface area (Å²) in [6.07, 6.45) is 1.38. The van der Waals surface area contributed by atoms with E-state index in [2.05, 4.69) is 10.3 Å². The molecule has 0 unspecified atom stereocenters. The molecule has 1 heterocycles. The standard InChI is InChI=1S/C14H21N3O3/c1-9(2)6-16-13(19)8-17(4)14(20)11-7-15-10(3)5-12(11)18/h5,7,9H,6,8H2,1-4H3,(H,15,18)(H,16,19). The minimum atomic E-state index is -0.467. The number of hydrogen-bond donors (Lipinski definition) is 2. The van der Waals surface area contributed by atoms with Gasteiger partial charge in [-0.3, -0.25) is 14.4 Å². The van der Waals surface area contributed by atoms with Crippen molar-refractivity contribution in [2.75, 3.05) is 20.1 Å². The molecule has 0 fully saturated rings. The number of amides is 2. The van der Waals surface area contributed by atoms with Crippen LogP contribution in [0.1, 0.15) is 29.9 Å². The molecule has 6 heteroatoms. The van der Waals surface area contributed by atoms with E-state index in [1.807, 2.05) is 13.8 Å². The maximum absolute atomic E-state index is 12.1. The van der Waals surface area contributed by atoms with Crippen LogP contribution in [-0.2, 0) is 4.79 Å². The van der Waals surface area contributed by atoms with Gasteiger partial charge in [0.1, 0.15) is 5.56 Å².